The van der Waals surface area contributed by atoms with Crippen molar-refractivity contribution in [2.45, 2.75) is 51.6 Å². The van der Waals surface area contributed by atoms with Crippen molar-refractivity contribution in [1.29, 1.82) is 0 Å². The molecule has 0 bridgehead atoms. The molecule has 0 spiro atoms. The summed E-state index contributed by atoms with van der Waals surface area (Å²) >= 11 is 0. The van der Waals surface area contributed by atoms with Gasteiger partial charge in [-0.15, -0.1) is 0 Å². The van der Waals surface area contributed by atoms with Crippen molar-refractivity contribution in [3.8, 4) is 0 Å². The summed E-state index contributed by atoms with van der Waals surface area (Å²) in [5, 5.41) is 6.92. The third-order valence-electron chi connectivity index (χ3n) is 3.50. The second-order valence-corrected chi connectivity index (χ2v) is 5.28. The summed E-state index contributed by atoms with van der Waals surface area (Å²) < 4.78 is 0. The van der Waals surface area contributed by atoms with E-state index in [4.69, 9.17) is 0 Å². The van der Waals surface area contributed by atoms with E-state index in [1.807, 2.05) is 0 Å². The highest BCUT2D eigenvalue weighted by atomic mass is 14.9. The van der Waals surface area contributed by atoms with Crippen LogP contribution in [0.5, 0.6) is 0 Å². The van der Waals surface area contributed by atoms with Crippen LogP contribution >= 0.6 is 0 Å². The Hall–Kier alpha value is -0.860. The fraction of sp³-hybridized carbons (Fsp3) is 0.625. The lowest BCUT2D eigenvalue weighted by molar-refractivity contribution is 0.620. The summed E-state index contributed by atoms with van der Waals surface area (Å²) in [5.41, 5.74) is 2.86. The first-order chi connectivity index (χ1) is 8.88. The zero-order chi connectivity index (χ0) is 12.6. The summed E-state index contributed by atoms with van der Waals surface area (Å²) in [6, 6.07) is 9.92. The molecule has 1 aromatic carbocycles. The average Bonchev–Trinajstić information content (AvgIpc) is 3.21. The molecule has 1 saturated carbocycles. The lowest BCUT2D eigenvalue weighted by Crippen LogP contribution is -2.17. The molecule has 1 aromatic rings. The van der Waals surface area contributed by atoms with E-state index in [2.05, 4.69) is 41.8 Å². The van der Waals surface area contributed by atoms with Gasteiger partial charge in [-0.2, -0.15) is 0 Å². The molecule has 1 aliphatic rings. The van der Waals surface area contributed by atoms with Gasteiger partial charge in [-0.1, -0.05) is 31.2 Å². The number of nitrogens with one attached hydrogen (secondary N) is 2. The lowest BCUT2D eigenvalue weighted by atomic mass is 10.1. The highest BCUT2D eigenvalue weighted by Gasteiger charge is 2.19. The normalized spacial score (nSPS) is 14.9. The minimum Gasteiger partial charge on any atom is -0.314 e. The van der Waals surface area contributed by atoms with Gasteiger partial charge in [0.2, 0.25) is 0 Å². The number of hydrogen-bond donors (Lipinski definition) is 2. The molecule has 1 fully saturated rings. The van der Waals surface area contributed by atoms with Crippen LogP contribution in [-0.4, -0.2) is 19.1 Å². The van der Waals surface area contributed by atoms with E-state index < -0.39 is 0 Å². The zero-order valence-corrected chi connectivity index (χ0v) is 11.5. The summed E-state index contributed by atoms with van der Waals surface area (Å²) in [6.45, 7) is 5.37. The van der Waals surface area contributed by atoms with Gasteiger partial charge in [-0.25, -0.2) is 0 Å². The summed E-state index contributed by atoms with van der Waals surface area (Å²) in [6.07, 6.45) is 6.61. The number of benzene rings is 1. The Labute approximate surface area is 111 Å². The van der Waals surface area contributed by atoms with Crippen LogP contribution in [0.1, 0.15) is 43.7 Å². The molecular weight excluding hydrogens is 220 g/mol. The molecular formula is C16H26N2. The van der Waals surface area contributed by atoms with Crippen LogP contribution < -0.4 is 10.6 Å². The monoisotopic (exact) mass is 246 g/mol. The summed E-state index contributed by atoms with van der Waals surface area (Å²) in [5.74, 6) is 0. The number of aryl methyl sites for hydroxylation is 1. The van der Waals surface area contributed by atoms with Crippen molar-refractivity contribution < 1.29 is 0 Å². The lowest BCUT2D eigenvalue weighted by Gasteiger charge is -2.05. The number of hydrogen-bond acceptors (Lipinski definition) is 2. The second-order valence-electron chi connectivity index (χ2n) is 5.28. The maximum atomic E-state index is 3.57. The standard InChI is InChI=1S/C16H26N2/c1-2-17-13-15-8-6-14(7-9-15)5-3-4-12-18-16-10-11-16/h6-9,16-18H,2-5,10-13H2,1H3. The van der Waals surface area contributed by atoms with Crippen molar-refractivity contribution in [1.82, 2.24) is 10.6 Å². The van der Waals surface area contributed by atoms with Crippen LogP contribution in [0, 0.1) is 0 Å². The topological polar surface area (TPSA) is 24.1 Å². The van der Waals surface area contributed by atoms with E-state index in [9.17, 15) is 0 Å². The quantitative estimate of drug-likeness (QED) is 0.655. The first-order valence-electron chi connectivity index (χ1n) is 7.40. The highest BCUT2D eigenvalue weighted by molar-refractivity contribution is 5.22. The van der Waals surface area contributed by atoms with Crippen LogP contribution in [-0.2, 0) is 13.0 Å². The van der Waals surface area contributed by atoms with Crippen molar-refractivity contribution in [3.05, 3.63) is 35.4 Å². The van der Waals surface area contributed by atoms with Crippen molar-refractivity contribution in [3.63, 3.8) is 0 Å². The first kappa shape index (κ1) is 13.6. The minimum absolute atomic E-state index is 0.857. The smallest absolute Gasteiger partial charge is 0.0205 e. The first-order valence-corrected chi connectivity index (χ1v) is 7.40. The van der Waals surface area contributed by atoms with Crippen molar-refractivity contribution in [2.75, 3.05) is 13.1 Å². The van der Waals surface area contributed by atoms with E-state index in [0.29, 0.717) is 0 Å². The highest BCUT2D eigenvalue weighted by Crippen LogP contribution is 2.18. The van der Waals surface area contributed by atoms with E-state index in [-0.39, 0.29) is 0 Å². The molecule has 2 rings (SSSR count). The minimum atomic E-state index is 0.857. The summed E-state index contributed by atoms with van der Waals surface area (Å²) in [4.78, 5) is 0. The Balaban J connectivity index is 1.59. The maximum absolute atomic E-state index is 3.57. The molecule has 0 aromatic heterocycles. The van der Waals surface area contributed by atoms with E-state index >= 15 is 0 Å². The Morgan fingerprint density at radius 1 is 1.06 bits per heavy atom. The van der Waals surface area contributed by atoms with Crippen LogP contribution in [0.4, 0.5) is 0 Å². The molecule has 0 heterocycles. The van der Waals surface area contributed by atoms with Crippen LogP contribution in [0.2, 0.25) is 0 Å². The van der Waals surface area contributed by atoms with E-state index in [1.165, 1.54) is 49.8 Å². The SMILES string of the molecule is CCNCc1ccc(CCCCNC2CC2)cc1. The van der Waals surface area contributed by atoms with Crippen molar-refractivity contribution in [2.24, 2.45) is 0 Å². The zero-order valence-electron chi connectivity index (χ0n) is 11.5. The van der Waals surface area contributed by atoms with Crippen molar-refractivity contribution >= 4 is 0 Å². The molecule has 0 radical (unpaired) electrons. The second kappa shape index (κ2) is 7.55. The molecule has 0 saturated heterocycles. The average molecular weight is 246 g/mol. The third kappa shape index (κ3) is 5.19. The molecule has 100 valence electrons. The molecule has 2 N–H and O–H groups in total. The molecule has 2 heteroatoms. The van der Waals surface area contributed by atoms with E-state index in [1.54, 1.807) is 0 Å². The molecule has 1 aliphatic carbocycles. The molecule has 0 unspecified atom stereocenters. The number of unbranched alkanes of at least 4 members (excludes halogenated alkanes) is 1. The Kier molecular flexibility index (Phi) is 5.69. The van der Waals surface area contributed by atoms with E-state index in [0.717, 1.165) is 19.1 Å². The van der Waals surface area contributed by atoms with Crippen LogP contribution in [0.15, 0.2) is 24.3 Å². The molecule has 0 amide bonds. The Bertz CT molecular complexity index is 327. The Morgan fingerprint density at radius 3 is 2.44 bits per heavy atom. The van der Waals surface area contributed by atoms with Crippen LogP contribution in [0.3, 0.4) is 0 Å². The van der Waals surface area contributed by atoms with Gasteiger partial charge in [0.15, 0.2) is 0 Å². The predicted octanol–water partition coefficient (Wildman–Crippen LogP) is 2.87. The van der Waals surface area contributed by atoms with Crippen LogP contribution in [0.25, 0.3) is 0 Å². The van der Waals surface area contributed by atoms with Gasteiger partial charge < -0.3 is 10.6 Å². The summed E-state index contributed by atoms with van der Waals surface area (Å²) in [7, 11) is 0. The number of rotatable bonds is 9. The van der Waals surface area contributed by atoms with Gasteiger partial charge >= 0.3 is 0 Å². The molecule has 0 aliphatic heterocycles. The van der Waals surface area contributed by atoms with Gasteiger partial charge in [0.1, 0.15) is 0 Å². The molecule has 2 nitrogen and oxygen atoms in total. The van der Waals surface area contributed by atoms with Gasteiger partial charge in [0.25, 0.3) is 0 Å². The predicted molar refractivity (Wildman–Crippen MR) is 77.8 cm³/mol. The maximum Gasteiger partial charge on any atom is 0.0205 e. The fourth-order valence-electron chi connectivity index (χ4n) is 2.14. The fourth-order valence-corrected chi connectivity index (χ4v) is 2.14. The Morgan fingerprint density at radius 2 is 1.78 bits per heavy atom. The molecule has 0 atom stereocenters. The van der Waals surface area contributed by atoms with Gasteiger partial charge in [0.05, 0.1) is 0 Å². The third-order valence-corrected chi connectivity index (χ3v) is 3.50. The van der Waals surface area contributed by atoms with Gasteiger partial charge in [0, 0.05) is 12.6 Å². The van der Waals surface area contributed by atoms with Gasteiger partial charge in [-0.3, -0.25) is 0 Å². The molecule has 18 heavy (non-hydrogen) atoms. The van der Waals surface area contributed by atoms with Gasteiger partial charge in [-0.05, 0) is 56.3 Å². The largest absolute Gasteiger partial charge is 0.314 e.